The number of methoxy groups -OCH3 is 1. The van der Waals surface area contributed by atoms with Crippen LogP contribution in [0.1, 0.15) is 23.1 Å². The number of likely N-dealkylation sites (tertiary alicyclic amines) is 1. The molecule has 2 atom stereocenters. The Morgan fingerprint density at radius 1 is 1.26 bits per heavy atom. The van der Waals surface area contributed by atoms with E-state index in [1.54, 1.807) is 30.2 Å². The van der Waals surface area contributed by atoms with Gasteiger partial charge < -0.3 is 15.0 Å². The molecule has 4 aromatic rings. The van der Waals surface area contributed by atoms with E-state index in [4.69, 9.17) is 9.72 Å². The Morgan fingerprint density at radius 2 is 2.15 bits per heavy atom. The van der Waals surface area contributed by atoms with E-state index >= 15 is 0 Å². The lowest BCUT2D eigenvalue weighted by atomic mass is 10.1. The molecule has 1 fully saturated rings. The lowest BCUT2D eigenvalue weighted by Gasteiger charge is -2.24. The van der Waals surface area contributed by atoms with Crippen molar-refractivity contribution in [1.29, 1.82) is 0 Å². The zero-order chi connectivity index (χ0) is 23.5. The maximum atomic E-state index is 13.2. The fraction of sp³-hybridized carbons (Fsp3) is 0.308. The molecule has 0 aliphatic carbocycles. The number of imidazole rings is 1. The minimum Gasteiger partial charge on any atom is -0.496 e. The molecule has 5 rings (SSSR count). The minimum atomic E-state index is -0.178. The van der Waals surface area contributed by atoms with Crippen molar-refractivity contribution in [2.24, 2.45) is 0 Å². The van der Waals surface area contributed by atoms with Crippen LogP contribution in [0.5, 0.6) is 5.75 Å². The Hall–Kier alpha value is -2.81. The van der Waals surface area contributed by atoms with Crippen molar-refractivity contribution in [3.8, 4) is 5.75 Å². The van der Waals surface area contributed by atoms with Gasteiger partial charge in [-0.2, -0.15) is 11.3 Å². The van der Waals surface area contributed by atoms with Gasteiger partial charge >= 0.3 is 0 Å². The van der Waals surface area contributed by atoms with Crippen molar-refractivity contribution < 1.29 is 9.53 Å². The molecule has 1 aliphatic rings. The van der Waals surface area contributed by atoms with Gasteiger partial charge in [0.15, 0.2) is 5.16 Å². The van der Waals surface area contributed by atoms with Gasteiger partial charge in [-0.05, 0) is 65.1 Å². The monoisotopic (exact) mass is 492 g/mol. The number of benzene rings is 2. The number of rotatable bonds is 8. The van der Waals surface area contributed by atoms with E-state index in [9.17, 15) is 4.79 Å². The first-order valence-electron chi connectivity index (χ1n) is 11.4. The third-order valence-corrected chi connectivity index (χ3v) is 8.03. The number of nitrogens with zero attached hydrogens (tertiary/aromatic N) is 2. The summed E-state index contributed by atoms with van der Waals surface area (Å²) < 4.78 is 5.41. The van der Waals surface area contributed by atoms with E-state index in [1.807, 2.05) is 35.7 Å². The lowest BCUT2D eigenvalue weighted by Crippen LogP contribution is -2.42. The zero-order valence-electron chi connectivity index (χ0n) is 19.3. The first-order chi connectivity index (χ1) is 16.6. The average Bonchev–Trinajstić information content (AvgIpc) is 3.57. The largest absolute Gasteiger partial charge is 0.496 e. The highest BCUT2D eigenvalue weighted by atomic mass is 32.2. The highest BCUT2D eigenvalue weighted by Crippen LogP contribution is 2.34. The van der Waals surface area contributed by atoms with Crippen LogP contribution in [0, 0.1) is 6.92 Å². The highest BCUT2D eigenvalue weighted by molar-refractivity contribution is 7.99. The summed E-state index contributed by atoms with van der Waals surface area (Å²) in [6, 6.07) is 16.2. The average molecular weight is 493 g/mol. The fourth-order valence-electron chi connectivity index (χ4n) is 4.51. The molecular formula is C26H28N4O2S2. The molecule has 6 nitrogen and oxygen atoms in total. The number of ether oxygens (including phenoxy) is 1. The molecule has 0 bridgehead atoms. The molecule has 1 saturated heterocycles. The molecule has 176 valence electrons. The molecule has 0 saturated carbocycles. The standard InChI is InChI=1S/C26H28N4O2S2/c1-17-11-18(7-8-24(17)32-2)14-30-15-20(34-26-28-21-5-3-4-6-22(21)29-26)12-23(30)25(31)27-13-19-9-10-33-16-19/h3-11,16,20,23H,12-15H2,1-2H3,(H,27,31)(H,28,29)/t20-,23-/m0/s1. The summed E-state index contributed by atoms with van der Waals surface area (Å²) in [5.74, 6) is 0.970. The summed E-state index contributed by atoms with van der Waals surface area (Å²) in [5.41, 5.74) is 5.44. The van der Waals surface area contributed by atoms with Gasteiger partial charge in [-0.1, -0.05) is 36.0 Å². The Labute approximate surface area is 207 Å². The van der Waals surface area contributed by atoms with E-state index < -0.39 is 0 Å². The summed E-state index contributed by atoms with van der Waals surface area (Å²) in [6.45, 7) is 4.16. The second-order valence-corrected chi connectivity index (χ2v) is 10.7. The number of amides is 1. The summed E-state index contributed by atoms with van der Waals surface area (Å²) >= 11 is 3.38. The van der Waals surface area contributed by atoms with Gasteiger partial charge in [-0.3, -0.25) is 9.69 Å². The summed E-state index contributed by atoms with van der Waals surface area (Å²) in [4.78, 5) is 23.7. The quantitative estimate of drug-likeness (QED) is 0.363. The zero-order valence-corrected chi connectivity index (χ0v) is 20.9. The van der Waals surface area contributed by atoms with Gasteiger partial charge in [0.1, 0.15) is 5.75 Å². The summed E-state index contributed by atoms with van der Waals surface area (Å²) in [5, 5.41) is 8.45. The fourth-order valence-corrected chi connectivity index (χ4v) is 6.36. The molecule has 0 spiro atoms. The smallest absolute Gasteiger partial charge is 0.237 e. The van der Waals surface area contributed by atoms with Crippen LogP contribution < -0.4 is 10.1 Å². The van der Waals surface area contributed by atoms with E-state index in [2.05, 4.69) is 45.7 Å². The van der Waals surface area contributed by atoms with Crippen molar-refractivity contribution in [3.05, 3.63) is 76.0 Å². The predicted octanol–water partition coefficient (Wildman–Crippen LogP) is 4.99. The number of thiophene rings is 1. The highest BCUT2D eigenvalue weighted by Gasteiger charge is 2.37. The SMILES string of the molecule is COc1ccc(CN2C[C@@H](Sc3nc4ccccc4[nH]3)C[C@H]2C(=O)NCc2ccsc2)cc1C. The van der Waals surface area contributed by atoms with Crippen molar-refractivity contribution in [3.63, 3.8) is 0 Å². The first kappa shape index (κ1) is 23.0. The minimum absolute atomic E-state index is 0.0872. The van der Waals surface area contributed by atoms with Crippen LogP contribution in [0.2, 0.25) is 0 Å². The number of aromatic amines is 1. The normalized spacial score (nSPS) is 18.4. The van der Waals surface area contributed by atoms with E-state index in [1.165, 1.54) is 5.56 Å². The van der Waals surface area contributed by atoms with Crippen molar-refractivity contribution in [2.45, 2.75) is 42.9 Å². The van der Waals surface area contributed by atoms with Gasteiger partial charge in [0.2, 0.25) is 5.91 Å². The van der Waals surface area contributed by atoms with Crippen LogP contribution in [-0.4, -0.2) is 45.7 Å². The first-order valence-corrected chi connectivity index (χ1v) is 13.2. The molecule has 8 heteroatoms. The number of fused-ring (bicyclic) bond motifs is 1. The van der Waals surface area contributed by atoms with Crippen LogP contribution >= 0.6 is 23.1 Å². The van der Waals surface area contributed by atoms with Crippen LogP contribution in [0.3, 0.4) is 0 Å². The number of aromatic nitrogens is 2. The molecule has 2 aromatic heterocycles. The topological polar surface area (TPSA) is 70.2 Å². The van der Waals surface area contributed by atoms with Crippen LogP contribution in [0.4, 0.5) is 0 Å². The Kier molecular flexibility index (Phi) is 6.89. The molecule has 0 radical (unpaired) electrons. The summed E-state index contributed by atoms with van der Waals surface area (Å²) in [7, 11) is 1.69. The number of carbonyl (C=O) groups excluding carboxylic acids is 1. The Bertz CT molecular complexity index is 1240. The Morgan fingerprint density at radius 3 is 2.91 bits per heavy atom. The van der Waals surface area contributed by atoms with E-state index in [-0.39, 0.29) is 17.2 Å². The van der Waals surface area contributed by atoms with Crippen molar-refractivity contribution in [1.82, 2.24) is 20.2 Å². The number of para-hydroxylation sites is 2. The number of hydrogen-bond acceptors (Lipinski definition) is 6. The number of aryl methyl sites for hydroxylation is 1. The Balaban J connectivity index is 1.32. The second-order valence-electron chi connectivity index (χ2n) is 8.63. The number of hydrogen-bond donors (Lipinski definition) is 2. The number of thioether (sulfide) groups is 1. The van der Waals surface area contributed by atoms with Gasteiger partial charge in [0, 0.05) is 24.9 Å². The van der Waals surface area contributed by atoms with Gasteiger partial charge in [-0.15, -0.1) is 0 Å². The maximum Gasteiger partial charge on any atom is 0.237 e. The lowest BCUT2D eigenvalue weighted by molar-refractivity contribution is -0.125. The molecule has 2 aromatic carbocycles. The molecular weight excluding hydrogens is 464 g/mol. The van der Waals surface area contributed by atoms with Crippen LogP contribution in [0.15, 0.2) is 64.4 Å². The third-order valence-electron chi connectivity index (χ3n) is 6.21. The molecule has 0 unspecified atom stereocenters. The molecule has 3 heterocycles. The van der Waals surface area contributed by atoms with E-state index in [0.29, 0.717) is 6.54 Å². The maximum absolute atomic E-state index is 13.2. The van der Waals surface area contributed by atoms with Crippen molar-refractivity contribution >= 4 is 40.0 Å². The van der Waals surface area contributed by atoms with Gasteiger partial charge in [-0.25, -0.2) is 4.98 Å². The third kappa shape index (κ3) is 5.14. The predicted molar refractivity (Wildman–Crippen MR) is 138 cm³/mol. The number of carbonyl (C=O) groups is 1. The molecule has 1 aliphatic heterocycles. The molecule has 2 N–H and O–H groups in total. The molecule has 34 heavy (non-hydrogen) atoms. The number of H-pyrrole nitrogens is 1. The van der Waals surface area contributed by atoms with Crippen LogP contribution in [-0.2, 0) is 17.9 Å². The van der Waals surface area contributed by atoms with Crippen LogP contribution in [0.25, 0.3) is 11.0 Å². The van der Waals surface area contributed by atoms with Crippen molar-refractivity contribution in [2.75, 3.05) is 13.7 Å². The van der Waals surface area contributed by atoms with Gasteiger partial charge in [0.25, 0.3) is 0 Å². The number of nitrogens with one attached hydrogen (secondary N) is 2. The van der Waals surface area contributed by atoms with E-state index in [0.717, 1.165) is 52.6 Å². The van der Waals surface area contributed by atoms with Gasteiger partial charge in [0.05, 0.1) is 24.2 Å². The molecule has 1 amide bonds. The second kappa shape index (κ2) is 10.2. The summed E-state index contributed by atoms with van der Waals surface area (Å²) in [6.07, 6.45) is 0.784.